The van der Waals surface area contributed by atoms with Gasteiger partial charge in [-0.2, -0.15) is 0 Å². The van der Waals surface area contributed by atoms with E-state index < -0.39 is 0 Å². The van der Waals surface area contributed by atoms with Gasteiger partial charge in [0, 0.05) is 28.8 Å². The molecule has 6 heteroatoms. The smallest absolute Gasteiger partial charge is 0.227 e. The second-order valence-corrected chi connectivity index (χ2v) is 10.8. The van der Waals surface area contributed by atoms with Crippen LogP contribution in [0.15, 0.2) is 42.5 Å². The summed E-state index contributed by atoms with van der Waals surface area (Å²) in [5, 5.41) is 6.23. The van der Waals surface area contributed by atoms with E-state index in [4.69, 9.17) is 4.98 Å². The summed E-state index contributed by atoms with van der Waals surface area (Å²) >= 11 is 0. The highest BCUT2D eigenvalue weighted by molar-refractivity contribution is 5.95. The topological polar surface area (TPSA) is 86.9 Å². The minimum atomic E-state index is 0.119. The number of nitrogens with zero attached hydrogens (tertiary/aromatic N) is 1. The normalized spacial score (nSPS) is 24.4. The zero-order valence-electron chi connectivity index (χ0n) is 20.2. The number of anilines is 2. The molecular formula is C29H34N4O2. The van der Waals surface area contributed by atoms with E-state index in [0.29, 0.717) is 5.92 Å². The molecule has 3 atom stereocenters. The van der Waals surface area contributed by atoms with Gasteiger partial charge in [0.05, 0.1) is 11.0 Å². The average molecular weight is 471 g/mol. The first-order chi connectivity index (χ1) is 17.1. The van der Waals surface area contributed by atoms with Crippen LogP contribution in [0.2, 0.25) is 0 Å². The third-order valence-corrected chi connectivity index (χ3v) is 8.48. The van der Waals surface area contributed by atoms with Gasteiger partial charge in [-0.05, 0) is 86.4 Å². The molecule has 3 N–H and O–H groups in total. The second kappa shape index (κ2) is 9.48. The van der Waals surface area contributed by atoms with Crippen LogP contribution in [0.3, 0.4) is 0 Å². The second-order valence-electron chi connectivity index (χ2n) is 10.8. The highest BCUT2D eigenvalue weighted by Crippen LogP contribution is 2.48. The molecule has 1 aromatic heterocycles. The molecule has 3 aliphatic carbocycles. The summed E-state index contributed by atoms with van der Waals surface area (Å²) in [6, 6.07) is 13.7. The Morgan fingerprint density at radius 2 is 1.54 bits per heavy atom. The number of H-pyrrole nitrogens is 1. The van der Waals surface area contributed by atoms with Gasteiger partial charge in [0.25, 0.3) is 0 Å². The van der Waals surface area contributed by atoms with Crippen LogP contribution in [0.4, 0.5) is 11.4 Å². The first kappa shape index (κ1) is 22.3. The van der Waals surface area contributed by atoms with Crippen LogP contribution in [0.1, 0.15) is 64.2 Å². The van der Waals surface area contributed by atoms with E-state index in [9.17, 15) is 9.59 Å². The van der Waals surface area contributed by atoms with Crippen LogP contribution < -0.4 is 10.6 Å². The molecule has 3 unspecified atom stereocenters. The summed E-state index contributed by atoms with van der Waals surface area (Å²) in [5.41, 5.74) is 4.36. The quantitative estimate of drug-likeness (QED) is 0.371. The molecule has 2 bridgehead atoms. The molecule has 6 nitrogen and oxygen atoms in total. The van der Waals surface area contributed by atoms with Crippen molar-refractivity contribution in [2.24, 2.45) is 23.7 Å². The van der Waals surface area contributed by atoms with Crippen LogP contribution in [0.5, 0.6) is 0 Å². The van der Waals surface area contributed by atoms with Crippen LogP contribution in [-0.4, -0.2) is 21.8 Å². The summed E-state index contributed by atoms with van der Waals surface area (Å²) in [4.78, 5) is 33.6. The summed E-state index contributed by atoms with van der Waals surface area (Å²) < 4.78 is 0. The Morgan fingerprint density at radius 1 is 0.800 bits per heavy atom. The maximum atomic E-state index is 12.7. The van der Waals surface area contributed by atoms with Crippen molar-refractivity contribution >= 4 is 34.2 Å². The molecule has 6 rings (SSSR count). The Balaban J connectivity index is 1.12. The number of imidazole rings is 1. The highest BCUT2D eigenvalue weighted by atomic mass is 16.2. The third kappa shape index (κ3) is 4.71. The van der Waals surface area contributed by atoms with E-state index in [1.54, 1.807) is 0 Å². The average Bonchev–Trinajstić information content (AvgIpc) is 3.55. The summed E-state index contributed by atoms with van der Waals surface area (Å²) in [6.07, 6.45) is 11.5. The largest absolute Gasteiger partial charge is 0.338 e. The predicted molar refractivity (Wildman–Crippen MR) is 139 cm³/mol. The van der Waals surface area contributed by atoms with Crippen molar-refractivity contribution in [1.29, 1.82) is 0 Å². The van der Waals surface area contributed by atoms with Crippen molar-refractivity contribution in [3.05, 3.63) is 42.5 Å². The third-order valence-electron chi connectivity index (χ3n) is 8.48. The zero-order chi connectivity index (χ0) is 23.8. The Labute approximate surface area is 206 Å². The molecule has 182 valence electrons. The van der Waals surface area contributed by atoms with Crippen molar-refractivity contribution in [2.75, 3.05) is 10.6 Å². The van der Waals surface area contributed by atoms with Crippen LogP contribution in [-0.2, 0) is 9.59 Å². The molecule has 2 aromatic carbocycles. The van der Waals surface area contributed by atoms with E-state index in [0.717, 1.165) is 71.8 Å². The van der Waals surface area contributed by atoms with E-state index >= 15 is 0 Å². The fourth-order valence-electron chi connectivity index (χ4n) is 6.52. The van der Waals surface area contributed by atoms with Gasteiger partial charge in [0.2, 0.25) is 11.8 Å². The lowest BCUT2D eigenvalue weighted by molar-refractivity contribution is -0.121. The monoisotopic (exact) mass is 470 g/mol. The Morgan fingerprint density at radius 3 is 2.26 bits per heavy atom. The lowest BCUT2D eigenvalue weighted by Gasteiger charge is -2.20. The molecule has 2 amide bonds. The molecule has 3 aliphatic rings. The van der Waals surface area contributed by atoms with Crippen LogP contribution >= 0.6 is 0 Å². The van der Waals surface area contributed by atoms with Crippen LogP contribution in [0.25, 0.3) is 22.4 Å². The van der Waals surface area contributed by atoms with E-state index in [1.807, 2.05) is 42.5 Å². The van der Waals surface area contributed by atoms with Gasteiger partial charge in [0.15, 0.2) is 0 Å². The molecule has 1 heterocycles. The Hall–Kier alpha value is -3.15. The van der Waals surface area contributed by atoms with Gasteiger partial charge >= 0.3 is 0 Å². The number of aromatic nitrogens is 2. The minimum Gasteiger partial charge on any atom is -0.338 e. The van der Waals surface area contributed by atoms with Crippen molar-refractivity contribution in [1.82, 2.24) is 9.97 Å². The van der Waals surface area contributed by atoms with E-state index in [1.165, 1.54) is 32.1 Å². The van der Waals surface area contributed by atoms with Gasteiger partial charge in [-0.25, -0.2) is 4.98 Å². The predicted octanol–water partition coefficient (Wildman–Crippen LogP) is 6.51. The van der Waals surface area contributed by atoms with E-state index in [-0.39, 0.29) is 23.7 Å². The highest BCUT2D eigenvalue weighted by Gasteiger charge is 2.43. The van der Waals surface area contributed by atoms with Gasteiger partial charge in [-0.15, -0.1) is 0 Å². The number of hydrogen-bond donors (Lipinski definition) is 3. The molecule has 0 radical (unpaired) electrons. The summed E-state index contributed by atoms with van der Waals surface area (Å²) in [7, 11) is 0. The van der Waals surface area contributed by atoms with Crippen molar-refractivity contribution in [3.8, 4) is 11.4 Å². The maximum absolute atomic E-state index is 12.7. The first-order valence-corrected chi connectivity index (χ1v) is 13.3. The van der Waals surface area contributed by atoms with Crippen molar-refractivity contribution < 1.29 is 9.59 Å². The number of benzene rings is 2. The summed E-state index contributed by atoms with van der Waals surface area (Å²) in [5.74, 6) is 2.72. The number of amides is 2. The molecule has 3 aromatic rings. The summed E-state index contributed by atoms with van der Waals surface area (Å²) in [6.45, 7) is 0. The SMILES string of the molecule is O=C(Nc1ccc2nc(-c3ccc(NC(=O)C4CC5CCC4C5)cc3)[nH]c2c1)C1CCCCCC1. The first-order valence-electron chi connectivity index (χ1n) is 13.3. The number of carbonyl (C=O) groups is 2. The molecule has 0 spiro atoms. The number of nitrogens with one attached hydrogen (secondary N) is 3. The standard InChI is InChI=1S/C29H34N4O2/c34-28(20-5-3-1-2-4-6-20)31-23-13-14-25-26(17-23)33-27(32-25)19-9-11-22(12-10-19)30-29(35)24-16-18-7-8-21(24)15-18/h9-14,17-18,20-21,24H,1-8,15-16H2,(H,30,35)(H,31,34)(H,32,33). The number of fused-ring (bicyclic) bond motifs is 3. The Kier molecular flexibility index (Phi) is 6.05. The zero-order valence-corrected chi connectivity index (χ0v) is 20.2. The molecule has 3 saturated carbocycles. The van der Waals surface area contributed by atoms with Gasteiger partial charge < -0.3 is 15.6 Å². The number of hydrogen-bond acceptors (Lipinski definition) is 3. The minimum absolute atomic E-state index is 0.119. The Bertz CT molecular complexity index is 1220. The fourth-order valence-corrected chi connectivity index (χ4v) is 6.52. The van der Waals surface area contributed by atoms with Gasteiger partial charge in [-0.3, -0.25) is 9.59 Å². The van der Waals surface area contributed by atoms with Gasteiger partial charge in [-0.1, -0.05) is 32.1 Å². The van der Waals surface area contributed by atoms with Crippen molar-refractivity contribution in [2.45, 2.75) is 64.2 Å². The lowest BCUT2D eigenvalue weighted by Crippen LogP contribution is -2.27. The number of aromatic amines is 1. The molecular weight excluding hydrogens is 436 g/mol. The molecule has 0 aliphatic heterocycles. The van der Waals surface area contributed by atoms with Gasteiger partial charge in [0.1, 0.15) is 5.82 Å². The van der Waals surface area contributed by atoms with Crippen LogP contribution in [0, 0.1) is 23.7 Å². The van der Waals surface area contributed by atoms with E-state index in [2.05, 4.69) is 15.6 Å². The maximum Gasteiger partial charge on any atom is 0.227 e. The molecule has 35 heavy (non-hydrogen) atoms. The fraction of sp³-hybridized carbons (Fsp3) is 0.483. The lowest BCUT2D eigenvalue weighted by atomic mass is 9.88. The molecule has 3 fully saturated rings. The molecule has 0 saturated heterocycles. The number of carbonyl (C=O) groups excluding carboxylic acids is 2. The number of rotatable bonds is 5. The van der Waals surface area contributed by atoms with Crippen molar-refractivity contribution in [3.63, 3.8) is 0 Å².